The molecule has 7 aromatic rings. The van der Waals surface area contributed by atoms with E-state index < -0.39 is 0 Å². The third-order valence-electron chi connectivity index (χ3n) is 7.38. The molecule has 0 aliphatic carbocycles. The molecular weight excluding hydrogens is 683 g/mol. The molecular formula is C36H27IrN3O-2. The predicted molar refractivity (Wildman–Crippen MR) is 163 cm³/mol. The third kappa shape index (κ3) is 4.71. The summed E-state index contributed by atoms with van der Waals surface area (Å²) in [5.41, 5.74) is 9.28. The Morgan fingerprint density at radius 1 is 0.854 bits per heavy atom. The smallest absolute Gasteiger partial charge is 0.120 e. The van der Waals surface area contributed by atoms with Gasteiger partial charge in [-0.3, -0.25) is 4.98 Å². The van der Waals surface area contributed by atoms with Crippen molar-refractivity contribution < 1.29 is 24.5 Å². The first kappa shape index (κ1) is 26.9. The first-order valence-electron chi connectivity index (χ1n) is 13.4. The Hall–Kier alpha value is -4.31. The summed E-state index contributed by atoms with van der Waals surface area (Å²) in [6.07, 6.45) is 6.25. The Labute approximate surface area is 252 Å². The first-order chi connectivity index (χ1) is 19.5. The summed E-state index contributed by atoms with van der Waals surface area (Å²) >= 11 is 0. The van der Waals surface area contributed by atoms with E-state index in [4.69, 9.17) is 9.40 Å². The maximum absolute atomic E-state index is 5.97. The van der Waals surface area contributed by atoms with E-state index in [1.54, 1.807) is 6.20 Å². The van der Waals surface area contributed by atoms with Gasteiger partial charge < -0.3 is 14.0 Å². The maximum Gasteiger partial charge on any atom is 0.120 e. The van der Waals surface area contributed by atoms with Gasteiger partial charge in [0, 0.05) is 31.7 Å². The second kappa shape index (κ2) is 10.6. The van der Waals surface area contributed by atoms with Crippen molar-refractivity contribution in [1.82, 2.24) is 14.5 Å². The second-order valence-electron chi connectivity index (χ2n) is 10.7. The zero-order valence-electron chi connectivity index (χ0n) is 23.0. The van der Waals surface area contributed by atoms with Crippen molar-refractivity contribution in [1.29, 1.82) is 0 Å². The van der Waals surface area contributed by atoms with Crippen LogP contribution in [0.2, 0.25) is 0 Å². The fraction of sp³-hybridized carbons (Fsp3) is 0.111. The zero-order chi connectivity index (χ0) is 27.3. The van der Waals surface area contributed by atoms with Gasteiger partial charge >= 0.3 is 0 Å². The van der Waals surface area contributed by atoms with E-state index in [1.807, 2.05) is 66.7 Å². The van der Waals surface area contributed by atoms with Crippen LogP contribution in [-0.2, 0) is 25.6 Å². The molecule has 4 aromatic carbocycles. The fourth-order valence-corrected chi connectivity index (χ4v) is 5.55. The monoisotopic (exact) mass is 710 g/mol. The Morgan fingerprint density at radius 3 is 2.49 bits per heavy atom. The van der Waals surface area contributed by atoms with Gasteiger partial charge in [0.25, 0.3) is 0 Å². The van der Waals surface area contributed by atoms with Gasteiger partial charge in [-0.25, -0.2) is 0 Å². The summed E-state index contributed by atoms with van der Waals surface area (Å²) in [7, 11) is 0. The maximum atomic E-state index is 5.97. The van der Waals surface area contributed by atoms with E-state index in [0.29, 0.717) is 0 Å². The van der Waals surface area contributed by atoms with Crippen molar-refractivity contribution in [3.63, 3.8) is 0 Å². The van der Waals surface area contributed by atoms with Crippen LogP contribution in [0.3, 0.4) is 0 Å². The molecule has 3 aromatic heterocycles. The van der Waals surface area contributed by atoms with Gasteiger partial charge in [-0.05, 0) is 61.9 Å². The Balaban J connectivity index is 0.000000145. The second-order valence-corrected chi connectivity index (χ2v) is 10.7. The number of nitrogens with zero attached hydrogens (tertiary/aromatic N) is 3. The Bertz CT molecular complexity index is 2040. The summed E-state index contributed by atoms with van der Waals surface area (Å²) in [4.78, 5) is 9.28. The van der Waals surface area contributed by atoms with Crippen molar-refractivity contribution in [3.05, 3.63) is 127 Å². The molecule has 1 aliphatic heterocycles. The molecule has 1 aliphatic rings. The molecule has 8 rings (SSSR count). The van der Waals surface area contributed by atoms with Crippen LogP contribution in [0.15, 0.2) is 108 Å². The van der Waals surface area contributed by atoms with Gasteiger partial charge in [0.1, 0.15) is 5.58 Å². The molecule has 0 atom stereocenters. The van der Waals surface area contributed by atoms with Crippen LogP contribution in [0.1, 0.15) is 25.0 Å². The number of aromatic nitrogens is 3. The summed E-state index contributed by atoms with van der Waals surface area (Å²) < 4.78 is 8.30. The predicted octanol–water partition coefficient (Wildman–Crippen LogP) is 9.02. The Kier molecular flexibility index (Phi) is 6.94. The van der Waals surface area contributed by atoms with Gasteiger partial charge in [-0.1, -0.05) is 53.4 Å². The molecule has 1 radical (unpaired) electrons. The number of para-hydroxylation sites is 1. The SMILES string of the molecule is Cc1cc2c3c(c1)nc(-c1[c-]cccc1)n3C(C)(C)C=C2.[Ir].[c-]1ccc2c(oc3ccccc32)c1-c1ccccn1. The average molecular weight is 710 g/mol. The molecule has 0 N–H and O–H groups in total. The molecule has 0 bridgehead atoms. The van der Waals surface area contributed by atoms with Gasteiger partial charge in [0.2, 0.25) is 0 Å². The van der Waals surface area contributed by atoms with Crippen LogP contribution in [0, 0.1) is 19.1 Å². The van der Waals surface area contributed by atoms with Crippen molar-refractivity contribution in [3.8, 4) is 22.6 Å². The largest absolute Gasteiger partial charge is 0.501 e. The molecule has 5 heteroatoms. The van der Waals surface area contributed by atoms with Crippen molar-refractivity contribution in [2.24, 2.45) is 0 Å². The van der Waals surface area contributed by atoms with Crippen molar-refractivity contribution in [2.45, 2.75) is 26.3 Å². The Morgan fingerprint density at radius 2 is 1.68 bits per heavy atom. The van der Waals surface area contributed by atoms with E-state index >= 15 is 0 Å². The summed E-state index contributed by atoms with van der Waals surface area (Å²) in [5.74, 6) is 0.992. The van der Waals surface area contributed by atoms with Gasteiger partial charge in [0.05, 0.1) is 28.0 Å². The van der Waals surface area contributed by atoms with Crippen molar-refractivity contribution >= 4 is 39.0 Å². The number of furan rings is 1. The van der Waals surface area contributed by atoms with E-state index in [2.05, 4.69) is 78.9 Å². The third-order valence-corrected chi connectivity index (χ3v) is 7.38. The van der Waals surface area contributed by atoms with E-state index in [1.165, 1.54) is 16.6 Å². The van der Waals surface area contributed by atoms with Crippen molar-refractivity contribution in [2.75, 3.05) is 0 Å². The van der Waals surface area contributed by atoms with Crippen LogP contribution in [0.5, 0.6) is 0 Å². The normalized spacial score (nSPS) is 13.1. The molecule has 0 amide bonds. The van der Waals surface area contributed by atoms with Crippen LogP contribution >= 0.6 is 0 Å². The van der Waals surface area contributed by atoms with Crippen LogP contribution in [0.4, 0.5) is 0 Å². The molecule has 4 nitrogen and oxygen atoms in total. The standard InChI is InChI=1S/C19H17N2.C17H10NO.Ir/c1-13-11-15-9-10-19(2,3)21-17(15)16(12-13)20-18(21)14-7-5-4-6-8-14;1-2-10-16-12(6-1)13-7-5-8-14(17(13)19-16)15-9-3-4-11-18-15;/h4-7,9-12H,1-3H3;1-7,9-11H;/q2*-1;. The number of pyridine rings is 1. The van der Waals surface area contributed by atoms with Gasteiger partial charge in [0.15, 0.2) is 0 Å². The van der Waals surface area contributed by atoms with E-state index in [9.17, 15) is 0 Å². The minimum absolute atomic E-state index is 0. The fourth-order valence-electron chi connectivity index (χ4n) is 5.55. The van der Waals surface area contributed by atoms with Crippen LogP contribution in [0.25, 0.3) is 61.7 Å². The molecule has 0 fully saturated rings. The first-order valence-corrected chi connectivity index (χ1v) is 13.4. The quantitative estimate of drug-likeness (QED) is 0.168. The van der Waals surface area contributed by atoms with Crippen LogP contribution in [-0.4, -0.2) is 14.5 Å². The molecule has 0 spiro atoms. The minimum Gasteiger partial charge on any atom is -0.501 e. The minimum atomic E-state index is -0.0873. The van der Waals surface area contributed by atoms with Gasteiger partial charge in [-0.2, -0.15) is 0 Å². The average Bonchev–Trinajstić information content (AvgIpc) is 3.56. The molecule has 0 saturated carbocycles. The van der Waals surface area contributed by atoms with Gasteiger partial charge in [-0.15, -0.1) is 54.1 Å². The number of hydrogen-bond acceptors (Lipinski definition) is 3. The summed E-state index contributed by atoms with van der Waals surface area (Å²) in [6, 6.07) is 36.8. The van der Waals surface area contributed by atoms with E-state index in [0.717, 1.165) is 50.1 Å². The number of imidazole rings is 1. The molecule has 0 saturated heterocycles. The molecule has 41 heavy (non-hydrogen) atoms. The summed E-state index contributed by atoms with van der Waals surface area (Å²) in [6.45, 7) is 6.57. The number of rotatable bonds is 2. The zero-order valence-corrected chi connectivity index (χ0v) is 25.4. The van der Waals surface area contributed by atoms with E-state index in [-0.39, 0.29) is 25.6 Å². The molecule has 4 heterocycles. The number of aryl methyl sites for hydroxylation is 1. The number of hydrogen-bond donors (Lipinski definition) is 0. The molecule has 0 unspecified atom stereocenters. The number of allylic oxidation sites excluding steroid dienone is 1. The number of benzene rings is 4. The topological polar surface area (TPSA) is 43.9 Å². The van der Waals surface area contributed by atoms with Crippen LogP contribution < -0.4 is 0 Å². The molecule has 203 valence electrons. The summed E-state index contributed by atoms with van der Waals surface area (Å²) in [5, 5.41) is 2.23. The number of fused-ring (bicyclic) bond motifs is 3.